The minimum atomic E-state index is -0.722. The lowest BCUT2D eigenvalue weighted by molar-refractivity contribution is 0.273. The maximum Gasteiger partial charge on any atom is 0.165 e. The van der Waals surface area contributed by atoms with Crippen molar-refractivity contribution in [2.24, 2.45) is 0 Å². The number of nitrogens with zero attached hydrogens (tertiary/aromatic N) is 1. The second kappa shape index (κ2) is 6.84. The van der Waals surface area contributed by atoms with Crippen LogP contribution < -0.4 is 4.90 Å². The van der Waals surface area contributed by atoms with Crippen molar-refractivity contribution >= 4 is 17.8 Å². The van der Waals surface area contributed by atoms with Gasteiger partial charge in [-0.3, -0.25) is 0 Å². The Bertz CT molecular complexity index is 704. The van der Waals surface area contributed by atoms with E-state index < -0.39 is 18.2 Å². The van der Waals surface area contributed by atoms with E-state index in [1.54, 1.807) is 12.1 Å². The molecule has 0 amide bonds. The van der Waals surface area contributed by atoms with E-state index in [1.165, 1.54) is 24.6 Å². The average molecular weight is 313 g/mol. The number of aromatic hydroxyl groups is 1. The van der Waals surface area contributed by atoms with Gasteiger partial charge in [0.25, 0.3) is 0 Å². The van der Waals surface area contributed by atoms with Gasteiger partial charge in [-0.05, 0) is 48.2 Å². The third-order valence-corrected chi connectivity index (χ3v) is 4.17. The van der Waals surface area contributed by atoms with Gasteiger partial charge in [0.1, 0.15) is 0 Å². The number of aliphatic hydroxyl groups excluding tert-OH is 1. The average Bonchev–Trinajstić information content (AvgIpc) is 3.11. The van der Waals surface area contributed by atoms with Gasteiger partial charge in [0.05, 0.1) is 6.61 Å². The minimum Gasteiger partial charge on any atom is -0.505 e. The zero-order valence-electron chi connectivity index (χ0n) is 12.9. The number of hydrogen-bond acceptors (Lipinski definition) is 3. The predicted octanol–water partition coefficient (Wildman–Crippen LogP) is 3.79. The molecule has 4 heteroatoms. The molecule has 0 bridgehead atoms. The van der Waals surface area contributed by atoms with Crippen LogP contribution in [0.2, 0.25) is 0 Å². The fourth-order valence-corrected chi connectivity index (χ4v) is 2.86. The number of rotatable bonds is 4. The molecule has 1 aliphatic heterocycles. The third kappa shape index (κ3) is 3.54. The van der Waals surface area contributed by atoms with Crippen molar-refractivity contribution in [1.29, 1.82) is 0 Å². The van der Waals surface area contributed by atoms with Gasteiger partial charge in [-0.1, -0.05) is 24.3 Å². The van der Waals surface area contributed by atoms with E-state index in [4.69, 9.17) is 5.11 Å². The van der Waals surface area contributed by atoms with Crippen LogP contribution in [0.4, 0.5) is 10.1 Å². The molecule has 23 heavy (non-hydrogen) atoms. The summed E-state index contributed by atoms with van der Waals surface area (Å²) in [4.78, 5) is 2.37. The topological polar surface area (TPSA) is 43.7 Å². The quantitative estimate of drug-likeness (QED) is 0.844. The first-order valence-corrected chi connectivity index (χ1v) is 7.83. The second-order valence-corrected chi connectivity index (χ2v) is 5.79. The van der Waals surface area contributed by atoms with Gasteiger partial charge in [-0.25, -0.2) is 4.39 Å². The molecule has 3 nitrogen and oxygen atoms in total. The number of hydrogen-bond donors (Lipinski definition) is 2. The van der Waals surface area contributed by atoms with E-state index >= 15 is 0 Å². The lowest BCUT2D eigenvalue weighted by atomic mass is 10.1. The molecule has 1 heterocycles. The molecule has 0 unspecified atom stereocenters. The Labute approximate surface area is 135 Å². The highest BCUT2D eigenvalue weighted by molar-refractivity contribution is 5.71. The number of benzene rings is 2. The van der Waals surface area contributed by atoms with Gasteiger partial charge in [0.2, 0.25) is 0 Å². The number of aliphatic hydroxyl groups is 1. The zero-order chi connectivity index (χ0) is 16.2. The first kappa shape index (κ1) is 15.6. The van der Waals surface area contributed by atoms with Crippen LogP contribution in [-0.4, -0.2) is 23.3 Å². The van der Waals surface area contributed by atoms with Crippen LogP contribution in [0, 0.1) is 5.82 Å². The normalized spacial score (nSPS) is 14.8. The van der Waals surface area contributed by atoms with Gasteiger partial charge in [-0.15, -0.1) is 0 Å². The molecule has 2 aromatic rings. The summed E-state index contributed by atoms with van der Waals surface area (Å²) in [6.07, 6.45) is 6.16. The second-order valence-electron chi connectivity index (χ2n) is 5.79. The number of halogens is 1. The van der Waals surface area contributed by atoms with Crippen molar-refractivity contribution in [3.8, 4) is 5.75 Å². The maximum absolute atomic E-state index is 13.6. The van der Waals surface area contributed by atoms with Crippen LogP contribution in [0.25, 0.3) is 12.2 Å². The first-order chi connectivity index (χ1) is 11.2. The Balaban J connectivity index is 1.76. The third-order valence-electron chi connectivity index (χ3n) is 4.17. The summed E-state index contributed by atoms with van der Waals surface area (Å²) in [5.74, 6) is -1.21. The Kier molecular flexibility index (Phi) is 4.63. The standard InChI is InChI=1S/C19H20FNO2/c20-18-12-15(11-16(13-22)19(18)23)4-3-14-5-7-17(8-6-14)21-9-1-2-10-21/h3-8,11-12,22-23H,1-2,9-10,13H2/b4-3+. The fraction of sp³-hybridized carbons (Fsp3) is 0.263. The van der Waals surface area contributed by atoms with Crippen molar-refractivity contribution < 1.29 is 14.6 Å². The molecule has 2 N–H and O–H groups in total. The van der Waals surface area contributed by atoms with Crippen LogP contribution in [-0.2, 0) is 6.61 Å². The van der Waals surface area contributed by atoms with E-state index in [-0.39, 0.29) is 5.56 Å². The highest BCUT2D eigenvalue weighted by Crippen LogP contribution is 2.25. The molecule has 0 aromatic heterocycles. The smallest absolute Gasteiger partial charge is 0.165 e. The van der Waals surface area contributed by atoms with E-state index in [2.05, 4.69) is 17.0 Å². The molecule has 1 aliphatic rings. The molecular formula is C19H20FNO2. The van der Waals surface area contributed by atoms with Crippen molar-refractivity contribution in [3.05, 3.63) is 58.9 Å². The summed E-state index contributed by atoms with van der Waals surface area (Å²) in [5, 5.41) is 18.6. The summed E-state index contributed by atoms with van der Waals surface area (Å²) in [5.41, 5.74) is 3.05. The molecule has 2 aromatic carbocycles. The van der Waals surface area contributed by atoms with Gasteiger partial charge in [-0.2, -0.15) is 0 Å². The van der Waals surface area contributed by atoms with Gasteiger partial charge < -0.3 is 15.1 Å². The molecule has 0 spiro atoms. The van der Waals surface area contributed by atoms with Crippen LogP contribution >= 0.6 is 0 Å². The summed E-state index contributed by atoms with van der Waals surface area (Å²) >= 11 is 0. The van der Waals surface area contributed by atoms with Crippen molar-refractivity contribution in [1.82, 2.24) is 0 Å². The molecule has 1 saturated heterocycles. The van der Waals surface area contributed by atoms with Gasteiger partial charge >= 0.3 is 0 Å². The number of phenols is 1. The molecule has 120 valence electrons. The fourth-order valence-electron chi connectivity index (χ4n) is 2.86. The maximum atomic E-state index is 13.6. The first-order valence-electron chi connectivity index (χ1n) is 7.83. The number of anilines is 1. The summed E-state index contributed by atoms with van der Waals surface area (Å²) < 4.78 is 13.6. The van der Waals surface area contributed by atoms with Crippen LogP contribution in [0.15, 0.2) is 36.4 Å². The van der Waals surface area contributed by atoms with Gasteiger partial charge in [0, 0.05) is 24.3 Å². The van der Waals surface area contributed by atoms with E-state index in [0.717, 1.165) is 18.7 Å². The molecular weight excluding hydrogens is 293 g/mol. The Morgan fingerprint density at radius 1 is 1.00 bits per heavy atom. The lowest BCUT2D eigenvalue weighted by Crippen LogP contribution is -2.17. The zero-order valence-corrected chi connectivity index (χ0v) is 12.9. The van der Waals surface area contributed by atoms with Crippen LogP contribution in [0.5, 0.6) is 5.75 Å². The molecule has 0 saturated carbocycles. The van der Waals surface area contributed by atoms with Gasteiger partial charge in [0.15, 0.2) is 11.6 Å². The lowest BCUT2D eigenvalue weighted by Gasteiger charge is -2.17. The largest absolute Gasteiger partial charge is 0.505 e. The Hall–Kier alpha value is -2.33. The van der Waals surface area contributed by atoms with E-state index in [9.17, 15) is 9.50 Å². The molecule has 1 fully saturated rings. The summed E-state index contributed by atoms with van der Waals surface area (Å²) in [6, 6.07) is 11.1. The molecule has 0 radical (unpaired) electrons. The molecule has 0 atom stereocenters. The molecule has 3 rings (SSSR count). The Morgan fingerprint density at radius 3 is 2.30 bits per heavy atom. The van der Waals surface area contributed by atoms with Crippen molar-refractivity contribution in [2.75, 3.05) is 18.0 Å². The van der Waals surface area contributed by atoms with E-state index in [0.29, 0.717) is 5.56 Å². The monoisotopic (exact) mass is 313 g/mol. The SMILES string of the molecule is OCc1cc(/C=C/c2ccc(N3CCCC3)cc2)cc(F)c1O. The Morgan fingerprint density at radius 2 is 1.65 bits per heavy atom. The van der Waals surface area contributed by atoms with Crippen LogP contribution in [0.1, 0.15) is 29.5 Å². The van der Waals surface area contributed by atoms with Crippen molar-refractivity contribution in [3.63, 3.8) is 0 Å². The predicted molar refractivity (Wildman–Crippen MR) is 90.8 cm³/mol. The van der Waals surface area contributed by atoms with Crippen molar-refractivity contribution in [2.45, 2.75) is 19.4 Å². The highest BCUT2D eigenvalue weighted by atomic mass is 19.1. The highest BCUT2D eigenvalue weighted by Gasteiger charge is 2.11. The molecule has 0 aliphatic carbocycles. The summed E-state index contributed by atoms with van der Waals surface area (Å²) in [7, 11) is 0. The minimum absolute atomic E-state index is 0.189. The van der Waals surface area contributed by atoms with E-state index in [1.807, 2.05) is 18.2 Å². The summed E-state index contributed by atoms with van der Waals surface area (Å²) in [6.45, 7) is 1.84. The van der Waals surface area contributed by atoms with Crippen LogP contribution in [0.3, 0.4) is 0 Å².